The normalized spacial score (nSPS) is 11.1. The summed E-state index contributed by atoms with van der Waals surface area (Å²) >= 11 is 6.26. The molecule has 8 heteroatoms. The molecule has 0 bridgehead atoms. The Bertz CT molecular complexity index is 1200. The number of benzene rings is 3. The lowest BCUT2D eigenvalue weighted by Gasteiger charge is -2.23. The zero-order valence-corrected chi connectivity index (χ0v) is 18.3. The van der Waals surface area contributed by atoms with Crippen molar-refractivity contribution in [1.82, 2.24) is 0 Å². The Morgan fingerprint density at radius 1 is 1.03 bits per heavy atom. The maximum Gasteiger partial charge on any atom is 0.264 e. The van der Waals surface area contributed by atoms with E-state index in [0.717, 1.165) is 4.31 Å². The van der Waals surface area contributed by atoms with Crippen molar-refractivity contribution in [2.45, 2.75) is 4.90 Å². The summed E-state index contributed by atoms with van der Waals surface area (Å²) in [6, 6.07) is 17.9. The van der Waals surface area contributed by atoms with Crippen LogP contribution in [0.25, 0.3) is 0 Å². The van der Waals surface area contributed by atoms with Gasteiger partial charge in [0.1, 0.15) is 5.82 Å². The molecule has 0 fully saturated rings. The first-order valence-electron chi connectivity index (χ1n) is 9.27. The fourth-order valence-corrected chi connectivity index (χ4v) is 4.39. The summed E-state index contributed by atoms with van der Waals surface area (Å²) in [5, 5.41) is 0.123. The molecule has 0 aromatic heterocycles. The summed E-state index contributed by atoms with van der Waals surface area (Å²) in [6.45, 7) is 3.90. The second kappa shape index (κ2) is 9.32. The summed E-state index contributed by atoms with van der Waals surface area (Å²) in [6.07, 6.45) is 1.57. The molecule has 0 aliphatic heterocycles. The van der Waals surface area contributed by atoms with Crippen LogP contribution in [-0.2, 0) is 10.0 Å². The molecule has 0 aliphatic carbocycles. The summed E-state index contributed by atoms with van der Waals surface area (Å²) in [5.41, 5.74) is 0.947. The van der Waals surface area contributed by atoms with Crippen molar-refractivity contribution in [3.63, 3.8) is 0 Å². The van der Waals surface area contributed by atoms with E-state index in [1.165, 1.54) is 54.4 Å². The lowest BCUT2D eigenvalue weighted by molar-refractivity contribution is 0.0989. The quantitative estimate of drug-likeness (QED) is 0.461. The number of nitrogens with zero attached hydrogens (tertiary/aromatic N) is 2. The largest absolute Gasteiger partial charge is 0.305 e. The molecule has 3 aromatic rings. The fourth-order valence-electron chi connectivity index (χ4n) is 2.96. The first kappa shape index (κ1) is 22.5. The van der Waals surface area contributed by atoms with Crippen LogP contribution in [-0.4, -0.2) is 27.9 Å². The third-order valence-electron chi connectivity index (χ3n) is 4.64. The van der Waals surface area contributed by atoms with Gasteiger partial charge in [-0.15, -0.1) is 6.58 Å². The molecule has 3 rings (SSSR count). The first-order chi connectivity index (χ1) is 14.8. The summed E-state index contributed by atoms with van der Waals surface area (Å²) < 4.78 is 40.5. The molecule has 31 heavy (non-hydrogen) atoms. The van der Waals surface area contributed by atoms with Crippen molar-refractivity contribution in [3.8, 4) is 0 Å². The van der Waals surface area contributed by atoms with Gasteiger partial charge in [0.05, 0.1) is 21.2 Å². The molecule has 0 heterocycles. The predicted octanol–water partition coefficient (Wildman–Crippen LogP) is 5.14. The lowest BCUT2D eigenvalue weighted by Crippen LogP contribution is -2.32. The molecule has 0 saturated heterocycles. The standard InChI is InChI=1S/C23H20ClFN2O3S/c1-3-15-27(19-7-5-4-6-8-19)23(28)21-16-20(13-14-22(21)24)31(29,30)26(2)18-11-9-17(25)10-12-18/h3-14,16H,1,15H2,2H3. The van der Waals surface area contributed by atoms with Crippen molar-refractivity contribution < 1.29 is 17.6 Å². The van der Waals surface area contributed by atoms with Gasteiger partial charge in [-0.25, -0.2) is 12.8 Å². The summed E-state index contributed by atoms with van der Waals surface area (Å²) in [4.78, 5) is 14.6. The van der Waals surface area contributed by atoms with Crippen LogP contribution in [0.3, 0.4) is 0 Å². The average molecular weight is 459 g/mol. The van der Waals surface area contributed by atoms with E-state index in [2.05, 4.69) is 6.58 Å². The molecule has 0 spiro atoms. The van der Waals surface area contributed by atoms with E-state index in [1.54, 1.807) is 30.3 Å². The van der Waals surface area contributed by atoms with Gasteiger partial charge in [-0.3, -0.25) is 9.10 Å². The molecule has 1 amide bonds. The monoisotopic (exact) mass is 458 g/mol. The highest BCUT2D eigenvalue weighted by Crippen LogP contribution is 2.28. The molecule has 0 N–H and O–H groups in total. The van der Waals surface area contributed by atoms with Gasteiger partial charge in [0.15, 0.2) is 0 Å². The molecule has 0 atom stereocenters. The minimum Gasteiger partial charge on any atom is -0.305 e. The van der Waals surface area contributed by atoms with E-state index in [1.807, 2.05) is 6.07 Å². The van der Waals surface area contributed by atoms with Crippen LogP contribution >= 0.6 is 11.6 Å². The Balaban J connectivity index is 2.01. The molecular formula is C23H20ClFN2O3S. The maximum atomic E-state index is 13.3. The third kappa shape index (κ3) is 4.78. The van der Waals surface area contributed by atoms with Crippen LogP contribution in [0, 0.1) is 5.82 Å². The van der Waals surface area contributed by atoms with Crippen LogP contribution in [0.1, 0.15) is 10.4 Å². The molecule has 0 unspecified atom stereocenters. The number of hydrogen-bond donors (Lipinski definition) is 0. The molecule has 0 saturated carbocycles. The Morgan fingerprint density at radius 3 is 2.29 bits per heavy atom. The van der Waals surface area contributed by atoms with Gasteiger partial charge in [-0.1, -0.05) is 35.9 Å². The topological polar surface area (TPSA) is 57.7 Å². The number of halogens is 2. The highest BCUT2D eigenvalue weighted by Gasteiger charge is 2.26. The van der Waals surface area contributed by atoms with Crippen LogP contribution in [0.2, 0.25) is 5.02 Å². The van der Waals surface area contributed by atoms with Crippen molar-refractivity contribution in [2.75, 3.05) is 22.8 Å². The van der Waals surface area contributed by atoms with Crippen molar-refractivity contribution in [2.24, 2.45) is 0 Å². The van der Waals surface area contributed by atoms with E-state index in [-0.39, 0.29) is 27.7 Å². The highest BCUT2D eigenvalue weighted by molar-refractivity contribution is 7.92. The van der Waals surface area contributed by atoms with Gasteiger partial charge in [-0.05, 0) is 54.6 Å². The number of carbonyl (C=O) groups is 1. The third-order valence-corrected chi connectivity index (χ3v) is 6.75. The minimum absolute atomic E-state index is 0.0425. The van der Waals surface area contributed by atoms with Crippen LogP contribution in [0.5, 0.6) is 0 Å². The Kier molecular flexibility index (Phi) is 6.77. The molecule has 0 radical (unpaired) electrons. The van der Waals surface area contributed by atoms with Crippen LogP contribution < -0.4 is 9.21 Å². The Morgan fingerprint density at radius 2 is 1.68 bits per heavy atom. The van der Waals surface area contributed by atoms with Gasteiger partial charge >= 0.3 is 0 Å². The van der Waals surface area contributed by atoms with Gasteiger partial charge in [-0.2, -0.15) is 0 Å². The van der Waals surface area contributed by atoms with Crippen LogP contribution in [0.15, 0.2) is 90.3 Å². The molecule has 160 valence electrons. The number of hydrogen-bond acceptors (Lipinski definition) is 3. The molecule has 5 nitrogen and oxygen atoms in total. The van der Waals surface area contributed by atoms with Crippen molar-refractivity contribution in [3.05, 3.63) is 102 Å². The zero-order chi connectivity index (χ0) is 22.6. The van der Waals surface area contributed by atoms with E-state index in [0.29, 0.717) is 5.69 Å². The molecular weight excluding hydrogens is 439 g/mol. The SMILES string of the molecule is C=CCN(C(=O)c1cc(S(=O)(=O)N(C)c2ccc(F)cc2)ccc1Cl)c1ccccc1. The Hall–Kier alpha value is -3.16. The number of anilines is 2. The number of amides is 1. The lowest BCUT2D eigenvalue weighted by atomic mass is 10.1. The minimum atomic E-state index is -4.02. The average Bonchev–Trinajstić information content (AvgIpc) is 2.78. The van der Waals surface area contributed by atoms with E-state index < -0.39 is 21.7 Å². The predicted molar refractivity (Wildman–Crippen MR) is 122 cm³/mol. The van der Waals surface area contributed by atoms with Gasteiger partial charge in [0.2, 0.25) is 0 Å². The second-order valence-electron chi connectivity index (χ2n) is 6.63. The maximum absolute atomic E-state index is 13.3. The first-order valence-corrected chi connectivity index (χ1v) is 11.1. The number of sulfonamides is 1. The summed E-state index contributed by atoms with van der Waals surface area (Å²) in [7, 11) is -2.67. The van der Waals surface area contributed by atoms with E-state index >= 15 is 0 Å². The van der Waals surface area contributed by atoms with E-state index in [4.69, 9.17) is 11.6 Å². The van der Waals surface area contributed by atoms with Gasteiger partial charge < -0.3 is 4.90 Å². The smallest absolute Gasteiger partial charge is 0.264 e. The fraction of sp³-hybridized carbons (Fsp3) is 0.0870. The number of para-hydroxylation sites is 1. The zero-order valence-electron chi connectivity index (χ0n) is 16.7. The van der Waals surface area contributed by atoms with Crippen molar-refractivity contribution in [1.29, 1.82) is 0 Å². The Labute approximate surface area is 186 Å². The number of carbonyl (C=O) groups excluding carboxylic acids is 1. The summed E-state index contributed by atoms with van der Waals surface area (Å²) in [5.74, 6) is -0.935. The molecule has 3 aromatic carbocycles. The number of rotatable bonds is 7. The highest BCUT2D eigenvalue weighted by atomic mass is 35.5. The van der Waals surface area contributed by atoms with Crippen molar-refractivity contribution >= 4 is 38.9 Å². The van der Waals surface area contributed by atoms with E-state index in [9.17, 15) is 17.6 Å². The van der Waals surface area contributed by atoms with Gasteiger partial charge in [0.25, 0.3) is 15.9 Å². The molecule has 0 aliphatic rings. The van der Waals surface area contributed by atoms with Gasteiger partial charge in [0, 0.05) is 19.3 Å². The second-order valence-corrected chi connectivity index (χ2v) is 9.01. The van der Waals surface area contributed by atoms with Crippen LogP contribution in [0.4, 0.5) is 15.8 Å².